The fourth-order valence-electron chi connectivity index (χ4n) is 2.33. The largest absolute Gasteiger partial charge is 0.497 e. The molecule has 8 nitrogen and oxygen atoms in total. The van der Waals surface area contributed by atoms with Gasteiger partial charge in [-0.1, -0.05) is 24.3 Å². The molecule has 0 saturated heterocycles. The van der Waals surface area contributed by atoms with Gasteiger partial charge >= 0.3 is 6.09 Å². The molecule has 0 aromatic heterocycles. The zero-order chi connectivity index (χ0) is 19.8. The molecule has 2 rings (SSSR count). The zero-order valence-corrected chi connectivity index (χ0v) is 15.1. The Kier molecular flexibility index (Phi) is 6.76. The second-order valence-corrected chi connectivity index (χ2v) is 5.76. The first-order valence-corrected chi connectivity index (χ1v) is 8.20. The Bertz CT molecular complexity index is 838. The molecule has 0 spiro atoms. The van der Waals surface area contributed by atoms with Gasteiger partial charge in [-0.05, 0) is 36.8 Å². The standard InChI is InChI=1S/C19H22N4O4/c1-12(13-5-4-8-16(10-13)26-2)22-17(24)11-27-19(25)23-15-7-3-6-14(9-15)18(20)21/h3-10,12H,11H2,1-2H3,(H3,20,21)(H,22,24)(H,23,25). The Morgan fingerprint density at radius 3 is 2.63 bits per heavy atom. The van der Waals surface area contributed by atoms with Crippen LogP contribution in [0.5, 0.6) is 5.75 Å². The third-order valence-electron chi connectivity index (χ3n) is 3.73. The Balaban J connectivity index is 1.83. The van der Waals surface area contributed by atoms with Crippen molar-refractivity contribution >= 4 is 23.5 Å². The first-order valence-electron chi connectivity index (χ1n) is 8.20. The van der Waals surface area contributed by atoms with Gasteiger partial charge in [0.1, 0.15) is 11.6 Å². The summed E-state index contributed by atoms with van der Waals surface area (Å²) >= 11 is 0. The van der Waals surface area contributed by atoms with E-state index in [9.17, 15) is 9.59 Å². The highest BCUT2D eigenvalue weighted by Crippen LogP contribution is 2.18. The molecule has 142 valence electrons. The van der Waals surface area contributed by atoms with E-state index in [-0.39, 0.29) is 11.9 Å². The molecule has 5 N–H and O–H groups in total. The van der Waals surface area contributed by atoms with Crippen LogP contribution in [0.15, 0.2) is 48.5 Å². The molecule has 2 aromatic carbocycles. The van der Waals surface area contributed by atoms with Crippen LogP contribution in [0.4, 0.5) is 10.5 Å². The Labute approximate surface area is 157 Å². The Morgan fingerprint density at radius 2 is 1.93 bits per heavy atom. The molecular weight excluding hydrogens is 348 g/mol. The average Bonchev–Trinajstić information content (AvgIpc) is 2.66. The molecule has 0 aliphatic carbocycles. The molecule has 8 heteroatoms. The fraction of sp³-hybridized carbons (Fsp3) is 0.211. The predicted octanol–water partition coefficient (Wildman–Crippen LogP) is 2.41. The third kappa shape index (κ3) is 6.03. The summed E-state index contributed by atoms with van der Waals surface area (Å²) in [4.78, 5) is 23.8. The summed E-state index contributed by atoms with van der Waals surface area (Å²) in [6, 6.07) is 13.5. The third-order valence-corrected chi connectivity index (χ3v) is 3.73. The van der Waals surface area contributed by atoms with Crippen molar-refractivity contribution in [1.82, 2.24) is 5.32 Å². The molecule has 27 heavy (non-hydrogen) atoms. The van der Waals surface area contributed by atoms with Crippen LogP contribution in [0, 0.1) is 5.41 Å². The maximum atomic E-state index is 12.0. The van der Waals surface area contributed by atoms with Gasteiger partial charge in [0.2, 0.25) is 0 Å². The Morgan fingerprint density at radius 1 is 1.19 bits per heavy atom. The molecule has 2 aromatic rings. The number of ether oxygens (including phenoxy) is 2. The van der Waals surface area contributed by atoms with E-state index >= 15 is 0 Å². The van der Waals surface area contributed by atoms with Gasteiger partial charge in [0.25, 0.3) is 5.91 Å². The molecule has 1 atom stereocenters. The van der Waals surface area contributed by atoms with Crippen molar-refractivity contribution in [2.75, 3.05) is 19.0 Å². The molecule has 2 amide bonds. The van der Waals surface area contributed by atoms with Crippen molar-refractivity contribution in [3.63, 3.8) is 0 Å². The van der Waals surface area contributed by atoms with Crippen LogP contribution in [-0.2, 0) is 9.53 Å². The number of nitrogen functional groups attached to an aromatic ring is 1. The van der Waals surface area contributed by atoms with Gasteiger partial charge in [0.05, 0.1) is 13.2 Å². The number of carbonyl (C=O) groups excluding carboxylic acids is 2. The normalized spacial score (nSPS) is 11.2. The first kappa shape index (κ1) is 19.8. The summed E-state index contributed by atoms with van der Waals surface area (Å²) in [6.45, 7) is 1.40. The zero-order valence-electron chi connectivity index (χ0n) is 15.1. The lowest BCUT2D eigenvalue weighted by atomic mass is 10.1. The topological polar surface area (TPSA) is 127 Å². The van der Waals surface area contributed by atoms with Crippen LogP contribution in [0.2, 0.25) is 0 Å². The summed E-state index contributed by atoms with van der Waals surface area (Å²) in [7, 11) is 1.57. The van der Waals surface area contributed by atoms with Crippen LogP contribution in [0.3, 0.4) is 0 Å². The molecule has 0 heterocycles. The van der Waals surface area contributed by atoms with E-state index in [1.54, 1.807) is 25.3 Å². The monoisotopic (exact) mass is 370 g/mol. The summed E-state index contributed by atoms with van der Waals surface area (Å²) < 4.78 is 10.1. The smallest absolute Gasteiger partial charge is 0.412 e. The highest BCUT2D eigenvalue weighted by molar-refractivity contribution is 5.97. The van der Waals surface area contributed by atoms with E-state index < -0.39 is 18.6 Å². The number of hydrogen-bond acceptors (Lipinski definition) is 5. The maximum Gasteiger partial charge on any atom is 0.412 e. The number of methoxy groups -OCH3 is 1. The van der Waals surface area contributed by atoms with E-state index in [2.05, 4.69) is 10.6 Å². The lowest BCUT2D eigenvalue weighted by Crippen LogP contribution is -2.32. The number of benzene rings is 2. The number of amides is 2. The van der Waals surface area contributed by atoms with E-state index in [0.717, 1.165) is 5.56 Å². The van der Waals surface area contributed by atoms with Crippen LogP contribution in [-0.4, -0.2) is 31.6 Å². The van der Waals surface area contributed by atoms with E-state index in [1.807, 2.05) is 31.2 Å². The number of anilines is 1. The van der Waals surface area contributed by atoms with Crippen LogP contribution >= 0.6 is 0 Å². The molecule has 0 saturated carbocycles. The molecule has 0 bridgehead atoms. The minimum Gasteiger partial charge on any atom is -0.497 e. The van der Waals surface area contributed by atoms with Crippen molar-refractivity contribution in [1.29, 1.82) is 5.41 Å². The van der Waals surface area contributed by atoms with E-state index in [4.69, 9.17) is 20.6 Å². The fourth-order valence-corrected chi connectivity index (χ4v) is 2.33. The van der Waals surface area contributed by atoms with Crippen LogP contribution in [0.25, 0.3) is 0 Å². The minimum absolute atomic E-state index is 0.113. The summed E-state index contributed by atoms with van der Waals surface area (Å²) in [5.74, 6) is 0.146. The second kappa shape index (κ2) is 9.23. The summed E-state index contributed by atoms with van der Waals surface area (Å²) in [5.41, 5.74) is 7.16. The van der Waals surface area contributed by atoms with Crippen molar-refractivity contribution in [3.8, 4) is 5.75 Å². The molecule has 1 unspecified atom stereocenters. The summed E-state index contributed by atoms with van der Waals surface area (Å²) in [5, 5.41) is 12.6. The minimum atomic E-state index is -0.778. The van der Waals surface area contributed by atoms with Crippen molar-refractivity contribution in [2.45, 2.75) is 13.0 Å². The number of nitrogens with two attached hydrogens (primary N) is 1. The SMILES string of the molecule is COc1cccc(C(C)NC(=O)COC(=O)Nc2cccc(C(=N)N)c2)c1. The molecular formula is C19H22N4O4. The van der Waals surface area contributed by atoms with Crippen molar-refractivity contribution in [2.24, 2.45) is 5.73 Å². The Hall–Kier alpha value is -3.55. The maximum absolute atomic E-state index is 12.0. The van der Waals surface area contributed by atoms with Gasteiger partial charge in [-0.25, -0.2) is 4.79 Å². The molecule has 0 aliphatic heterocycles. The highest BCUT2D eigenvalue weighted by atomic mass is 16.6. The van der Waals surface area contributed by atoms with Gasteiger partial charge in [0.15, 0.2) is 6.61 Å². The van der Waals surface area contributed by atoms with Gasteiger partial charge in [-0.15, -0.1) is 0 Å². The summed E-state index contributed by atoms with van der Waals surface area (Å²) in [6.07, 6.45) is -0.778. The van der Waals surface area contributed by atoms with Crippen molar-refractivity contribution in [3.05, 3.63) is 59.7 Å². The van der Waals surface area contributed by atoms with Gasteiger partial charge in [-0.3, -0.25) is 15.5 Å². The highest BCUT2D eigenvalue weighted by Gasteiger charge is 2.13. The van der Waals surface area contributed by atoms with Crippen molar-refractivity contribution < 1.29 is 19.1 Å². The predicted molar refractivity (Wildman–Crippen MR) is 102 cm³/mol. The quantitative estimate of drug-likeness (QED) is 0.440. The number of carbonyl (C=O) groups is 2. The van der Waals surface area contributed by atoms with Gasteiger partial charge < -0.3 is 20.5 Å². The first-order chi connectivity index (χ1) is 12.9. The molecule has 0 aliphatic rings. The molecule has 0 radical (unpaired) electrons. The number of nitrogens with one attached hydrogen (secondary N) is 3. The lowest BCUT2D eigenvalue weighted by Gasteiger charge is -2.15. The number of hydrogen-bond donors (Lipinski definition) is 4. The second-order valence-electron chi connectivity index (χ2n) is 5.76. The van der Waals surface area contributed by atoms with Crippen LogP contribution < -0.4 is 21.1 Å². The number of amidine groups is 1. The lowest BCUT2D eigenvalue weighted by molar-refractivity contribution is -0.124. The average molecular weight is 370 g/mol. The van der Waals surface area contributed by atoms with E-state index in [0.29, 0.717) is 17.0 Å². The van der Waals surface area contributed by atoms with Gasteiger partial charge in [0, 0.05) is 11.3 Å². The van der Waals surface area contributed by atoms with E-state index in [1.165, 1.54) is 6.07 Å². The molecule has 0 fully saturated rings. The van der Waals surface area contributed by atoms with Crippen LogP contribution in [0.1, 0.15) is 24.1 Å². The van der Waals surface area contributed by atoms with Gasteiger partial charge in [-0.2, -0.15) is 0 Å². The number of rotatable bonds is 7.